The maximum Gasteiger partial charge on any atom is 0.433 e. The molecule has 5 nitrogen and oxygen atoms in total. The van der Waals surface area contributed by atoms with E-state index in [1.807, 2.05) is 12.1 Å². The summed E-state index contributed by atoms with van der Waals surface area (Å²) in [6, 6.07) is 8.50. The van der Waals surface area contributed by atoms with E-state index in [4.69, 9.17) is 9.47 Å². The molecular weight excluding hydrogens is 371 g/mol. The van der Waals surface area contributed by atoms with Crippen LogP contribution in [-0.2, 0) is 12.6 Å². The Balaban J connectivity index is 1.69. The van der Waals surface area contributed by atoms with Gasteiger partial charge in [-0.15, -0.1) is 0 Å². The zero-order chi connectivity index (χ0) is 20.3. The zero-order valence-corrected chi connectivity index (χ0v) is 16.2. The van der Waals surface area contributed by atoms with Crippen LogP contribution in [0.1, 0.15) is 36.3 Å². The predicted molar refractivity (Wildman–Crippen MR) is 98.4 cm³/mol. The van der Waals surface area contributed by atoms with Gasteiger partial charge in [-0.25, -0.2) is 9.97 Å². The lowest BCUT2D eigenvalue weighted by Gasteiger charge is -2.24. The Morgan fingerprint density at radius 1 is 1.14 bits per heavy atom. The molecule has 1 aliphatic heterocycles. The molecule has 1 unspecified atom stereocenters. The van der Waals surface area contributed by atoms with E-state index in [-0.39, 0.29) is 17.8 Å². The first-order valence-corrected chi connectivity index (χ1v) is 9.17. The molecule has 0 bridgehead atoms. The SMILES string of the molecule is COc1cccc(C(C)N2CC[C@H](Cc3cc(OC)nc(C(F)(F)F)c3)C2)n1. The average molecular weight is 395 g/mol. The second kappa shape index (κ2) is 8.34. The molecule has 3 rings (SSSR count). The number of halogens is 3. The van der Waals surface area contributed by atoms with E-state index in [0.29, 0.717) is 17.9 Å². The molecule has 1 saturated heterocycles. The summed E-state index contributed by atoms with van der Waals surface area (Å²) in [5, 5.41) is 0. The molecule has 2 aromatic rings. The van der Waals surface area contributed by atoms with Gasteiger partial charge in [0.25, 0.3) is 0 Å². The summed E-state index contributed by atoms with van der Waals surface area (Å²) >= 11 is 0. The van der Waals surface area contributed by atoms with Crippen molar-refractivity contribution < 1.29 is 22.6 Å². The van der Waals surface area contributed by atoms with E-state index in [2.05, 4.69) is 21.8 Å². The van der Waals surface area contributed by atoms with Gasteiger partial charge in [0, 0.05) is 24.7 Å². The second-order valence-electron chi connectivity index (χ2n) is 7.04. The maximum atomic E-state index is 13.1. The minimum absolute atomic E-state index is 0.00590. The molecule has 2 aromatic heterocycles. The van der Waals surface area contributed by atoms with Gasteiger partial charge in [-0.2, -0.15) is 13.2 Å². The highest BCUT2D eigenvalue weighted by Crippen LogP contribution is 2.33. The molecule has 1 fully saturated rings. The van der Waals surface area contributed by atoms with E-state index in [1.54, 1.807) is 19.2 Å². The predicted octanol–water partition coefficient (Wildman–Crippen LogP) is 4.14. The van der Waals surface area contributed by atoms with Crippen LogP contribution in [0.5, 0.6) is 11.8 Å². The first-order chi connectivity index (χ1) is 13.3. The van der Waals surface area contributed by atoms with Crippen LogP contribution in [0.2, 0.25) is 0 Å². The fourth-order valence-corrected chi connectivity index (χ4v) is 3.61. The third-order valence-electron chi connectivity index (χ3n) is 5.13. The first kappa shape index (κ1) is 20.4. The minimum atomic E-state index is -4.49. The molecule has 0 spiro atoms. The van der Waals surface area contributed by atoms with E-state index in [9.17, 15) is 13.2 Å². The number of aromatic nitrogens is 2. The summed E-state index contributed by atoms with van der Waals surface area (Å²) in [6.07, 6.45) is -3.02. The number of methoxy groups -OCH3 is 2. The standard InChI is InChI=1S/C20H24F3N3O2/c1-13(16-5-4-6-18(24-16)27-2)26-8-7-14(12-26)9-15-10-17(20(21,22)23)25-19(11-15)28-3/h4-6,10-11,13-14H,7-9,12H2,1-3H3/t13?,14-/m1/s1. The van der Waals surface area contributed by atoms with Crippen LogP contribution in [0.15, 0.2) is 30.3 Å². The Morgan fingerprint density at radius 3 is 2.57 bits per heavy atom. The smallest absolute Gasteiger partial charge is 0.433 e. The van der Waals surface area contributed by atoms with Crippen LogP contribution in [0.4, 0.5) is 13.2 Å². The molecule has 8 heteroatoms. The van der Waals surface area contributed by atoms with Crippen molar-refractivity contribution in [2.45, 2.75) is 32.0 Å². The molecular formula is C20H24F3N3O2. The number of alkyl halides is 3. The van der Waals surface area contributed by atoms with Crippen LogP contribution in [0.25, 0.3) is 0 Å². The monoisotopic (exact) mass is 395 g/mol. The largest absolute Gasteiger partial charge is 0.481 e. The topological polar surface area (TPSA) is 47.5 Å². The lowest BCUT2D eigenvalue weighted by Crippen LogP contribution is -2.25. The molecule has 0 radical (unpaired) electrons. The van der Waals surface area contributed by atoms with Gasteiger partial charge < -0.3 is 9.47 Å². The van der Waals surface area contributed by atoms with Gasteiger partial charge in [0.1, 0.15) is 5.69 Å². The fourth-order valence-electron chi connectivity index (χ4n) is 3.61. The zero-order valence-electron chi connectivity index (χ0n) is 16.2. The van der Waals surface area contributed by atoms with E-state index < -0.39 is 11.9 Å². The van der Waals surface area contributed by atoms with Crippen molar-refractivity contribution in [3.63, 3.8) is 0 Å². The van der Waals surface area contributed by atoms with Gasteiger partial charge in [-0.3, -0.25) is 4.90 Å². The summed E-state index contributed by atoms with van der Waals surface area (Å²) in [5.41, 5.74) is 0.605. The van der Waals surface area contributed by atoms with E-state index >= 15 is 0 Å². The van der Waals surface area contributed by atoms with E-state index in [1.165, 1.54) is 7.11 Å². The Hall–Kier alpha value is -2.35. The lowest BCUT2D eigenvalue weighted by molar-refractivity contribution is -0.141. The number of nitrogens with zero attached hydrogens (tertiary/aromatic N) is 3. The van der Waals surface area contributed by atoms with Gasteiger partial charge in [-0.05, 0) is 49.9 Å². The van der Waals surface area contributed by atoms with Crippen molar-refractivity contribution in [2.24, 2.45) is 5.92 Å². The Labute approximate surface area is 162 Å². The van der Waals surface area contributed by atoms with Crippen molar-refractivity contribution in [1.29, 1.82) is 0 Å². The summed E-state index contributed by atoms with van der Waals surface area (Å²) in [4.78, 5) is 10.3. The van der Waals surface area contributed by atoms with Crippen molar-refractivity contribution in [1.82, 2.24) is 14.9 Å². The number of rotatable bonds is 6. The minimum Gasteiger partial charge on any atom is -0.481 e. The first-order valence-electron chi connectivity index (χ1n) is 9.17. The molecule has 0 saturated carbocycles. The number of hydrogen-bond donors (Lipinski definition) is 0. The second-order valence-corrected chi connectivity index (χ2v) is 7.04. The third kappa shape index (κ3) is 4.73. The maximum absolute atomic E-state index is 13.1. The Morgan fingerprint density at radius 2 is 1.89 bits per heavy atom. The highest BCUT2D eigenvalue weighted by molar-refractivity contribution is 5.27. The van der Waals surface area contributed by atoms with Gasteiger partial charge in [0.2, 0.25) is 11.8 Å². The van der Waals surface area contributed by atoms with Crippen molar-refractivity contribution in [3.8, 4) is 11.8 Å². The summed E-state index contributed by atoms with van der Waals surface area (Å²) in [5.74, 6) is 0.832. The Kier molecular flexibility index (Phi) is 6.07. The highest BCUT2D eigenvalue weighted by Gasteiger charge is 2.34. The molecule has 1 aliphatic rings. The lowest BCUT2D eigenvalue weighted by atomic mass is 9.98. The van der Waals surface area contributed by atoms with Gasteiger partial charge in [0.05, 0.1) is 19.9 Å². The third-order valence-corrected chi connectivity index (χ3v) is 5.13. The number of pyridine rings is 2. The number of hydrogen-bond acceptors (Lipinski definition) is 5. The van der Waals surface area contributed by atoms with Crippen LogP contribution >= 0.6 is 0 Å². The number of ether oxygens (including phenoxy) is 2. The van der Waals surface area contributed by atoms with Crippen molar-refractivity contribution >= 4 is 0 Å². The van der Waals surface area contributed by atoms with Crippen molar-refractivity contribution in [3.05, 3.63) is 47.3 Å². The average Bonchev–Trinajstić information content (AvgIpc) is 3.14. The summed E-state index contributed by atoms with van der Waals surface area (Å²) in [6.45, 7) is 3.76. The summed E-state index contributed by atoms with van der Waals surface area (Å²) in [7, 11) is 2.91. The molecule has 28 heavy (non-hydrogen) atoms. The molecule has 0 amide bonds. The van der Waals surface area contributed by atoms with Gasteiger partial charge in [0.15, 0.2) is 0 Å². The molecule has 0 aromatic carbocycles. The quantitative estimate of drug-likeness (QED) is 0.736. The van der Waals surface area contributed by atoms with Crippen LogP contribution in [0, 0.1) is 5.92 Å². The molecule has 2 atom stereocenters. The van der Waals surface area contributed by atoms with Gasteiger partial charge >= 0.3 is 6.18 Å². The summed E-state index contributed by atoms with van der Waals surface area (Å²) < 4.78 is 49.4. The molecule has 0 aliphatic carbocycles. The van der Waals surface area contributed by atoms with Crippen LogP contribution < -0.4 is 9.47 Å². The Bertz CT molecular complexity index is 814. The number of likely N-dealkylation sites (tertiary alicyclic amines) is 1. The van der Waals surface area contributed by atoms with Crippen LogP contribution in [0.3, 0.4) is 0 Å². The van der Waals surface area contributed by atoms with E-state index in [0.717, 1.165) is 31.3 Å². The van der Waals surface area contributed by atoms with Crippen molar-refractivity contribution in [2.75, 3.05) is 27.3 Å². The highest BCUT2D eigenvalue weighted by atomic mass is 19.4. The fraction of sp³-hybridized carbons (Fsp3) is 0.500. The molecule has 3 heterocycles. The van der Waals surface area contributed by atoms with Crippen LogP contribution in [-0.4, -0.2) is 42.2 Å². The normalized spacial score (nSPS) is 18.9. The molecule has 152 valence electrons. The van der Waals surface area contributed by atoms with Gasteiger partial charge in [-0.1, -0.05) is 6.07 Å². The molecule has 0 N–H and O–H groups in total.